The molecule has 0 spiro atoms. The van der Waals surface area contributed by atoms with Crippen LogP contribution in [0.4, 0.5) is 0 Å². The molecule has 0 saturated heterocycles. The van der Waals surface area contributed by atoms with E-state index in [1.165, 1.54) is 109 Å². The monoisotopic (exact) mass is 266 g/mol. The zero-order valence-electron chi connectivity index (χ0n) is 13.6. The molecule has 0 N–H and O–H groups in total. The van der Waals surface area contributed by atoms with Crippen molar-refractivity contribution in [3.8, 4) is 0 Å². The fourth-order valence-corrected chi connectivity index (χ4v) is 3.57. The Bertz CT molecular complexity index is 167. The molecule has 0 heteroatoms. The Labute approximate surface area is 122 Å². The first kappa shape index (κ1) is 17.1. The molecular weight excluding hydrogens is 228 g/mol. The molecule has 19 heavy (non-hydrogen) atoms. The summed E-state index contributed by atoms with van der Waals surface area (Å²) in [4.78, 5) is 0. The van der Waals surface area contributed by atoms with Crippen molar-refractivity contribution in [3.05, 3.63) is 0 Å². The molecule has 0 radical (unpaired) electrons. The zero-order chi connectivity index (χ0) is 13.6. The summed E-state index contributed by atoms with van der Waals surface area (Å²) in [5.74, 6) is 1.10. The fourth-order valence-electron chi connectivity index (χ4n) is 3.57. The van der Waals surface area contributed by atoms with E-state index >= 15 is 0 Å². The predicted octanol–water partition coefficient (Wildman–Crippen LogP) is 7.27. The third-order valence-corrected chi connectivity index (χ3v) is 4.94. The molecule has 0 atom stereocenters. The van der Waals surface area contributed by atoms with Gasteiger partial charge in [0, 0.05) is 0 Å². The third-order valence-electron chi connectivity index (χ3n) is 4.94. The number of unbranched alkanes of at least 4 members (excludes halogenated alkanes) is 10. The summed E-state index contributed by atoms with van der Waals surface area (Å²) in [7, 11) is 0. The molecule has 0 unspecified atom stereocenters. The largest absolute Gasteiger partial charge is 0.0654 e. The lowest BCUT2D eigenvalue weighted by atomic mass is 9.85. The Morgan fingerprint density at radius 1 is 0.579 bits per heavy atom. The molecule has 1 aliphatic carbocycles. The van der Waals surface area contributed by atoms with Gasteiger partial charge < -0.3 is 0 Å². The topological polar surface area (TPSA) is 0 Å². The van der Waals surface area contributed by atoms with Gasteiger partial charge in [-0.15, -0.1) is 0 Å². The van der Waals surface area contributed by atoms with Crippen LogP contribution in [-0.2, 0) is 0 Å². The van der Waals surface area contributed by atoms with Crippen molar-refractivity contribution >= 4 is 0 Å². The summed E-state index contributed by atoms with van der Waals surface area (Å²) in [6, 6.07) is 0. The second-order valence-corrected chi connectivity index (χ2v) is 6.83. The normalized spacial score (nSPS) is 16.9. The highest BCUT2D eigenvalue weighted by Crippen LogP contribution is 2.28. The fraction of sp³-hybridized carbons (Fsp3) is 1.00. The van der Waals surface area contributed by atoms with Crippen LogP contribution in [0.3, 0.4) is 0 Å². The van der Waals surface area contributed by atoms with Crippen LogP contribution in [-0.4, -0.2) is 0 Å². The zero-order valence-corrected chi connectivity index (χ0v) is 13.6. The lowest BCUT2D eigenvalue weighted by molar-refractivity contribution is 0.328. The van der Waals surface area contributed by atoms with Crippen molar-refractivity contribution in [1.82, 2.24) is 0 Å². The predicted molar refractivity (Wildman–Crippen MR) is 87.7 cm³/mol. The molecule has 1 rings (SSSR count). The van der Waals surface area contributed by atoms with Gasteiger partial charge in [-0.3, -0.25) is 0 Å². The van der Waals surface area contributed by atoms with Gasteiger partial charge in [-0.2, -0.15) is 0 Å². The van der Waals surface area contributed by atoms with Crippen LogP contribution in [0.25, 0.3) is 0 Å². The molecular formula is C19H38. The Morgan fingerprint density at radius 2 is 1.05 bits per heavy atom. The summed E-state index contributed by atoms with van der Waals surface area (Å²) in [5, 5.41) is 0. The first-order chi connectivity index (χ1) is 9.43. The number of hydrogen-bond acceptors (Lipinski definition) is 0. The van der Waals surface area contributed by atoms with E-state index in [1.54, 1.807) is 0 Å². The Morgan fingerprint density at radius 3 is 1.58 bits per heavy atom. The molecule has 0 nitrogen and oxygen atoms in total. The average Bonchev–Trinajstić information content (AvgIpc) is 2.46. The highest BCUT2D eigenvalue weighted by atomic mass is 14.2. The van der Waals surface area contributed by atoms with Crippen molar-refractivity contribution < 1.29 is 0 Å². The van der Waals surface area contributed by atoms with Gasteiger partial charge in [0.1, 0.15) is 0 Å². The van der Waals surface area contributed by atoms with Crippen LogP contribution in [0.5, 0.6) is 0 Å². The maximum absolute atomic E-state index is 2.30. The van der Waals surface area contributed by atoms with Crippen molar-refractivity contribution in [2.24, 2.45) is 5.92 Å². The lowest BCUT2D eigenvalue weighted by Crippen LogP contribution is -2.05. The first-order valence-electron chi connectivity index (χ1n) is 9.43. The Kier molecular flexibility index (Phi) is 11.7. The van der Waals surface area contributed by atoms with Crippen molar-refractivity contribution in [2.75, 3.05) is 0 Å². The van der Waals surface area contributed by atoms with Crippen molar-refractivity contribution in [2.45, 2.75) is 116 Å². The third kappa shape index (κ3) is 10.4. The Balaban J connectivity index is 1.71. The van der Waals surface area contributed by atoms with Gasteiger partial charge in [0.15, 0.2) is 0 Å². The van der Waals surface area contributed by atoms with Crippen LogP contribution >= 0.6 is 0 Å². The second kappa shape index (κ2) is 13.0. The summed E-state index contributed by atoms with van der Waals surface area (Å²) >= 11 is 0. The molecule has 0 bridgehead atoms. The molecule has 1 saturated carbocycles. The first-order valence-corrected chi connectivity index (χ1v) is 9.43. The van der Waals surface area contributed by atoms with E-state index in [0.29, 0.717) is 0 Å². The van der Waals surface area contributed by atoms with Gasteiger partial charge in [-0.25, -0.2) is 0 Å². The highest BCUT2D eigenvalue weighted by Gasteiger charge is 2.12. The minimum atomic E-state index is 1.10. The molecule has 0 heterocycles. The number of rotatable bonds is 12. The van der Waals surface area contributed by atoms with Crippen molar-refractivity contribution in [1.29, 1.82) is 0 Å². The average molecular weight is 267 g/mol. The maximum atomic E-state index is 2.30. The molecule has 0 aromatic heterocycles. The summed E-state index contributed by atoms with van der Waals surface area (Å²) < 4.78 is 0. The molecule has 114 valence electrons. The van der Waals surface area contributed by atoms with Gasteiger partial charge in [-0.1, -0.05) is 116 Å². The quantitative estimate of drug-likeness (QED) is 0.326. The van der Waals surface area contributed by atoms with E-state index < -0.39 is 0 Å². The van der Waals surface area contributed by atoms with Gasteiger partial charge >= 0.3 is 0 Å². The molecule has 1 fully saturated rings. The number of hydrogen-bond donors (Lipinski definition) is 0. The summed E-state index contributed by atoms with van der Waals surface area (Å²) in [5.41, 5.74) is 0. The smallest absolute Gasteiger partial charge is 0.0414 e. The molecule has 0 aliphatic heterocycles. The van der Waals surface area contributed by atoms with Crippen molar-refractivity contribution in [3.63, 3.8) is 0 Å². The molecule has 0 amide bonds. The van der Waals surface area contributed by atoms with Crippen LogP contribution in [0.1, 0.15) is 116 Å². The van der Waals surface area contributed by atoms with Gasteiger partial charge in [0.25, 0.3) is 0 Å². The van der Waals surface area contributed by atoms with E-state index in [2.05, 4.69) is 6.92 Å². The van der Waals surface area contributed by atoms with E-state index in [-0.39, 0.29) is 0 Å². The molecule has 0 aromatic carbocycles. The summed E-state index contributed by atoms with van der Waals surface area (Å²) in [6.45, 7) is 2.30. The summed E-state index contributed by atoms with van der Waals surface area (Å²) in [6.07, 6.45) is 25.4. The van der Waals surface area contributed by atoms with Crippen LogP contribution in [0, 0.1) is 5.92 Å². The highest BCUT2D eigenvalue weighted by molar-refractivity contribution is 4.65. The van der Waals surface area contributed by atoms with Crippen LogP contribution in [0.2, 0.25) is 0 Å². The van der Waals surface area contributed by atoms with E-state index in [4.69, 9.17) is 0 Å². The maximum Gasteiger partial charge on any atom is -0.0414 e. The molecule has 1 aliphatic rings. The van der Waals surface area contributed by atoms with E-state index in [0.717, 1.165) is 5.92 Å². The van der Waals surface area contributed by atoms with E-state index in [1.807, 2.05) is 0 Å². The second-order valence-electron chi connectivity index (χ2n) is 6.83. The molecule has 0 aromatic rings. The van der Waals surface area contributed by atoms with Gasteiger partial charge in [-0.05, 0) is 5.92 Å². The lowest BCUT2D eigenvalue weighted by Gasteiger charge is -2.21. The standard InChI is InChI=1S/C19H38/c1-2-3-4-5-6-7-8-9-10-11-13-16-19-17-14-12-15-18-19/h19H,2-18H2,1H3. The minimum Gasteiger partial charge on any atom is -0.0654 e. The van der Waals surface area contributed by atoms with Crippen LogP contribution < -0.4 is 0 Å². The van der Waals surface area contributed by atoms with Gasteiger partial charge in [0.2, 0.25) is 0 Å². The van der Waals surface area contributed by atoms with Gasteiger partial charge in [0.05, 0.1) is 0 Å². The van der Waals surface area contributed by atoms with E-state index in [9.17, 15) is 0 Å². The minimum absolute atomic E-state index is 1.10. The van der Waals surface area contributed by atoms with Crippen LogP contribution in [0.15, 0.2) is 0 Å². The Hall–Kier alpha value is 0. The SMILES string of the molecule is CCCCCCCCCCCCCC1CCCCC1.